The molecule has 0 atom stereocenters. The highest BCUT2D eigenvalue weighted by molar-refractivity contribution is 6.18. The zero-order valence-electron chi connectivity index (χ0n) is 19.3. The van der Waals surface area contributed by atoms with Crippen LogP contribution in [-0.4, -0.2) is 11.7 Å². The lowest BCUT2D eigenvalue weighted by atomic mass is 9.87. The lowest BCUT2D eigenvalue weighted by molar-refractivity contribution is -0.111. The van der Waals surface area contributed by atoms with Gasteiger partial charge in [0.15, 0.2) is 5.76 Å². The SMILES string of the molecule is Cc1ccc(C(=O)c2oc3ccccc3c2NC(=O)C=Cc2ccc(C(C)(C)C)cc2)cc1. The van der Waals surface area contributed by atoms with E-state index in [2.05, 4.69) is 38.2 Å². The van der Waals surface area contributed by atoms with Crippen molar-refractivity contribution in [3.05, 3.63) is 107 Å². The maximum absolute atomic E-state index is 13.2. The Labute approximate surface area is 193 Å². The first-order valence-electron chi connectivity index (χ1n) is 10.9. The van der Waals surface area contributed by atoms with Gasteiger partial charge < -0.3 is 9.73 Å². The molecule has 0 saturated carbocycles. The van der Waals surface area contributed by atoms with E-state index in [1.54, 1.807) is 24.3 Å². The van der Waals surface area contributed by atoms with Crippen LogP contribution in [-0.2, 0) is 10.2 Å². The summed E-state index contributed by atoms with van der Waals surface area (Å²) in [6.07, 6.45) is 3.22. The maximum atomic E-state index is 13.2. The van der Waals surface area contributed by atoms with Crippen LogP contribution in [0.5, 0.6) is 0 Å². The largest absolute Gasteiger partial charge is 0.450 e. The normalized spacial score (nSPS) is 11.8. The number of hydrogen-bond donors (Lipinski definition) is 1. The summed E-state index contributed by atoms with van der Waals surface area (Å²) >= 11 is 0. The van der Waals surface area contributed by atoms with Crippen molar-refractivity contribution in [2.24, 2.45) is 0 Å². The van der Waals surface area contributed by atoms with Gasteiger partial charge in [-0.3, -0.25) is 9.59 Å². The molecule has 4 rings (SSSR count). The molecule has 1 N–H and O–H groups in total. The third-order valence-electron chi connectivity index (χ3n) is 5.57. The predicted octanol–water partition coefficient (Wildman–Crippen LogP) is 6.92. The van der Waals surface area contributed by atoms with Crippen molar-refractivity contribution in [2.45, 2.75) is 33.1 Å². The monoisotopic (exact) mass is 437 g/mol. The average Bonchev–Trinajstić information content (AvgIpc) is 3.16. The van der Waals surface area contributed by atoms with Crippen LogP contribution < -0.4 is 5.32 Å². The summed E-state index contributed by atoms with van der Waals surface area (Å²) < 4.78 is 5.87. The summed E-state index contributed by atoms with van der Waals surface area (Å²) in [5.74, 6) is -0.487. The number of aryl methyl sites for hydroxylation is 1. The minimum atomic E-state index is -0.334. The Bertz CT molecular complexity index is 1330. The second-order valence-corrected chi connectivity index (χ2v) is 9.19. The molecule has 0 spiro atoms. The van der Waals surface area contributed by atoms with Crippen molar-refractivity contribution in [1.82, 2.24) is 0 Å². The first kappa shape index (κ1) is 22.3. The first-order chi connectivity index (χ1) is 15.7. The van der Waals surface area contributed by atoms with E-state index in [4.69, 9.17) is 4.42 Å². The molecule has 0 fully saturated rings. The van der Waals surface area contributed by atoms with Crippen molar-refractivity contribution >= 4 is 34.4 Å². The van der Waals surface area contributed by atoms with Crippen LogP contribution in [0.3, 0.4) is 0 Å². The summed E-state index contributed by atoms with van der Waals surface area (Å²) in [4.78, 5) is 25.9. The number of hydrogen-bond acceptors (Lipinski definition) is 3. The molecule has 1 heterocycles. The highest BCUT2D eigenvalue weighted by Crippen LogP contribution is 2.32. The highest BCUT2D eigenvalue weighted by Gasteiger charge is 2.23. The Morgan fingerprint density at radius 2 is 1.55 bits per heavy atom. The molecule has 3 aromatic carbocycles. The highest BCUT2D eigenvalue weighted by atomic mass is 16.3. The van der Waals surface area contributed by atoms with Crippen LogP contribution in [0, 0.1) is 6.92 Å². The van der Waals surface area contributed by atoms with Gasteiger partial charge in [-0.2, -0.15) is 0 Å². The fourth-order valence-corrected chi connectivity index (χ4v) is 3.60. The molecule has 33 heavy (non-hydrogen) atoms. The molecule has 4 nitrogen and oxygen atoms in total. The quantitative estimate of drug-likeness (QED) is 0.272. The van der Waals surface area contributed by atoms with E-state index < -0.39 is 0 Å². The Morgan fingerprint density at radius 1 is 0.879 bits per heavy atom. The molecular weight excluding hydrogens is 410 g/mol. The lowest BCUT2D eigenvalue weighted by Crippen LogP contribution is -2.11. The number of benzene rings is 3. The first-order valence-corrected chi connectivity index (χ1v) is 10.9. The predicted molar refractivity (Wildman–Crippen MR) is 134 cm³/mol. The van der Waals surface area contributed by atoms with Crippen LogP contribution in [0.15, 0.2) is 83.3 Å². The van der Waals surface area contributed by atoms with Crippen LogP contribution in [0.2, 0.25) is 0 Å². The second kappa shape index (κ2) is 8.91. The fourth-order valence-electron chi connectivity index (χ4n) is 3.60. The van der Waals surface area contributed by atoms with Gasteiger partial charge in [-0.15, -0.1) is 0 Å². The number of carbonyl (C=O) groups is 2. The summed E-state index contributed by atoms with van der Waals surface area (Å²) in [5, 5.41) is 3.55. The van der Waals surface area contributed by atoms with Gasteiger partial charge in [-0.25, -0.2) is 0 Å². The van der Waals surface area contributed by atoms with Gasteiger partial charge >= 0.3 is 0 Å². The van der Waals surface area contributed by atoms with Crippen molar-refractivity contribution in [3.63, 3.8) is 0 Å². The van der Waals surface area contributed by atoms with E-state index >= 15 is 0 Å². The third kappa shape index (κ3) is 4.96. The molecule has 0 aliphatic rings. The number of furan rings is 1. The molecule has 0 aliphatic heterocycles. The van der Waals surface area contributed by atoms with E-state index in [1.165, 1.54) is 11.6 Å². The van der Waals surface area contributed by atoms with Crippen molar-refractivity contribution in [2.75, 3.05) is 5.32 Å². The Morgan fingerprint density at radius 3 is 2.21 bits per heavy atom. The van der Waals surface area contributed by atoms with Gasteiger partial charge in [0.1, 0.15) is 5.58 Å². The zero-order valence-corrected chi connectivity index (χ0v) is 19.3. The van der Waals surface area contributed by atoms with E-state index in [0.717, 1.165) is 11.1 Å². The lowest BCUT2D eigenvalue weighted by Gasteiger charge is -2.18. The minimum absolute atomic E-state index is 0.0718. The van der Waals surface area contributed by atoms with Gasteiger partial charge in [0, 0.05) is 17.0 Å². The molecule has 4 heteroatoms. The molecule has 0 radical (unpaired) electrons. The van der Waals surface area contributed by atoms with Crippen molar-refractivity contribution in [3.8, 4) is 0 Å². The van der Waals surface area contributed by atoms with Gasteiger partial charge in [-0.05, 0) is 41.7 Å². The maximum Gasteiger partial charge on any atom is 0.248 e. The number of nitrogens with one attached hydrogen (secondary N) is 1. The van der Waals surface area contributed by atoms with E-state index in [1.807, 2.05) is 49.4 Å². The van der Waals surface area contributed by atoms with Crippen LogP contribution >= 0.6 is 0 Å². The molecular formula is C29H27NO3. The number of ketones is 1. The molecule has 166 valence electrons. The Kier molecular flexibility index (Phi) is 6.01. The number of amides is 1. The number of anilines is 1. The summed E-state index contributed by atoms with van der Waals surface area (Å²) in [6, 6.07) is 22.7. The fraction of sp³-hybridized carbons (Fsp3) is 0.172. The summed E-state index contributed by atoms with van der Waals surface area (Å²) in [6.45, 7) is 8.45. The van der Waals surface area contributed by atoms with Gasteiger partial charge in [0.05, 0.1) is 5.69 Å². The second-order valence-electron chi connectivity index (χ2n) is 9.19. The average molecular weight is 438 g/mol. The summed E-state index contributed by atoms with van der Waals surface area (Å²) in [5.41, 5.74) is 4.72. The molecule has 0 unspecified atom stereocenters. The number of carbonyl (C=O) groups excluding carboxylic acids is 2. The third-order valence-corrected chi connectivity index (χ3v) is 5.57. The van der Waals surface area contributed by atoms with Crippen molar-refractivity contribution in [1.29, 1.82) is 0 Å². The smallest absolute Gasteiger partial charge is 0.248 e. The van der Waals surface area contributed by atoms with Crippen LogP contribution in [0.25, 0.3) is 17.0 Å². The molecule has 1 aromatic heterocycles. The van der Waals surface area contributed by atoms with Gasteiger partial charge in [0.2, 0.25) is 11.7 Å². The van der Waals surface area contributed by atoms with E-state index in [-0.39, 0.29) is 22.9 Å². The van der Waals surface area contributed by atoms with Gasteiger partial charge in [0.25, 0.3) is 0 Å². The molecule has 0 aliphatic carbocycles. The van der Waals surface area contributed by atoms with E-state index in [0.29, 0.717) is 22.2 Å². The summed E-state index contributed by atoms with van der Waals surface area (Å²) in [7, 11) is 0. The van der Waals surface area contributed by atoms with Crippen LogP contribution in [0.1, 0.15) is 53.6 Å². The molecule has 0 bridgehead atoms. The van der Waals surface area contributed by atoms with E-state index in [9.17, 15) is 9.59 Å². The minimum Gasteiger partial charge on any atom is -0.450 e. The zero-order chi connectivity index (χ0) is 23.6. The Balaban J connectivity index is 1.60. The number of para-hydroxylation sites is 1. The molecule has 1 amide bonds. The Hall–Kier alpha value is -3.92. The van der Waals surface area contributed by atoms with Crippen molar-refractivity contribution < 1.29 is 14.0 Å². The molecule has 4 aromatic rings. The molecule has 0 saturated heterocycles. The number of fused-ring (bicyclic) bond motifs is 1. The van der Waals surface area contributed by atoms with Gasteiger partial charge in [-0.1, -0.05) is 87.0 Å². The topological polar surface area (TPSA) is 59.3 Å². The number of rotatable bonds is 5. The standard InChI is InChI=1S/C29H27NO3/c1-19-9-14-21(15-10-19)27(32)28-26(23-7-5-6-8-24(23)33-28)30-25(31)18-13-20-11-16-22(17-12-20)29(2,3)4/h5-18H,1-4H3,(H,30,31). The van der Waals surface area contributed by atoms with Crippen LogP contribution in [0.4, 0.5) is 5.69 Å².